The summed E-state index contributed by atoms with van der Waals surface area (Å²) in [6.07, 6.45) is 4.52. The first kappa shape index (κ1) is 14.8. The van der Waals surface area contributed by atoms with Gasteiger partial charge in [0.1, 0.15) is 6.33 Å². The van der Waals surface area contributed by atoms with E-state index in [1.54, 1.807) is 30.5 Å². The number of anilines is 2. The van der Waals surface area contributed by atoms with E-state index < -0.39 is 5.41 Å². The van der Waals surface area contributed by atoms with E-state index in [1.165, 1.54) is 17.1 Å². The molecule has 0 unspecified atom stereocenters. The highest BCUT2D eigenvalue weighted by molar-refractivity contribution is 5.95. The Balaban J connectivity index is 1.99. The third kappa shape index (κ3) is 3.92. The van der Waals surface area contributed by atoms with Gasteiger partial charge in [0.15, 0.2) is 0 Å². The Hall–Kier alpha value is -2.63. The van der Waals surface area contributed by atoms with Gasteiger partial charge in [-0.25, -0.2) is 9.78 Å². The third-order valence-electron chi connectivity index (χ3n) is 2.81. The molecule has 0 radical (unpaired) electrons. The zero-order valence-electron chi connectivity index (χ0n) is 12.3. The standard InChI is InChI=1S/C15H18N4O2/c1-15(2,3)13(20)17-11-4-6-12(7-5-11)18-14(21)19-9-8-16-10-19/h4-10H,1-3H3,(H,17,20)(H,18,21). The molecule has 1 aromatic carbocycles. The van der Waals surface area contributed by atoms with Gasteiger partial charge in [-0.05, 0) is 24.3 Å². The van der Waals surface area contributed by atoms with Crippen LogP contribution in [0.1, 0.15) is 20.8 Å². The van der Waals surface area contributed by atoms with E-state index >= 15 is 0 Å². The molecule has 2 rings (SSSR count). The second-order valence-corrected chi connectivity index (χ2v) is 5.68. The minimum atomic E-state index is -0.450. The van der Waals surface area contributed by atoms with Gasteiger partial charge in [-0.3, -0.25) is 9.36 Å². The lowest BCUT2D eigenvalue weighted by Crippen LogP contribution is -2.27. The molecule has 0 aliphatic carbocycles. The van der Waals surface area contributed by atoms with Crippen molar-refractivity contribution in [2.75, 3.05) is 10.6 Å². The number of benzene rings is 1. The van der Waals surface area contributed by atoms with E-state index in [4.69, 9.17) is 0 Å². The van der Waals surface area contributed by atoms with E-state index in [0.29, 0.717) is 11.4 Å². The first-order valence-electron chi connectivity index (χ1n) is 6.57. The number of aromatic nitrogens is 2. The Morgan fingerprint density at radius 1 is 1.05 bits per heavy atom. The second-order valence-electron chi connectivity index (χ2n) is 5.68. The number of nitrogens with zero attached hydrogens (tertiary/aromatic N) is 2. The van der Waals surface area contributed by atoms with Gasteiger partial charge in [-0.15, -0.1) is 0 Å². The van der Waals surface area contributed by atoms with Crippen LogP contribution in [0, 0.1) is 5.41 Å². The molecular weight excluding hydrogens is 268 g/mol. The van der Waals surface area contributed by atoms with Crippen molar-refractivity contribution in [3.8, 4) is 0 Å². The van der Waals surface area contributed by atoms with Crippen LogP contribution < -0.4 is 10.6 Å². The summed E-state index contributed by atoms with van der Waals surface area (Å²) in [5.74, 6) is -0.0577. The third-order valence-corrected chi connectivity index (χ3v) is 2.81. The van der Waals surface area contributed by atoms with E-state index in [-0.39, 0.29) is 11.9 Å². The topological polar surface area (TPSA) is 76.0 Å². The van der Waals surface area contributed by atoms with Gasteiger partial charge in [0, 0.05) is 29.2 Å². The second kappa shape index (κ2) is 5.78. The van der Waals surface area contributed by atoms with Crippen LogP contribution in [0.4, 0.5) is 16.2 Å². The summed E-state index contributed by atoms with van der Waals surface area (Å²) < 4.78 is 1.34. The minimum absolute atomic E-state index is 0.0577. The Labute approximate surface area is 123 Å². The van der Waals surface area contributed by atoms with Crippen LogP contribution in [0.5, 0.6) is 0 Å². The van der Waals surface area contributed by atoms with Crippen molar-refractivity contribution < 1.29 is 9.59 Å². The number of nitrogens with one attached hydrogen (secondary N) is 2. The van der Waals surface area contributed by atoms with Gasteiger partial charge in [-0.2, -0.15) is 0 Å². The monoisotopic (exact) mass is 286 g/mol. The number of hydrogen-bond acceptors (Lipinski definition) is 3. The van der Waals surface area contributed by atoms with Gasteiger partial charge in [0.2, 0.25) is 5.91 Å². The number of carbonyl (C=O) groups excluding carboxylic acids is 2. The predicted octanol–water partition coefficient (Wildman–Crippen LogP) is 2.95. The molecule has 0 atom stereocenters. The van der Waals surface area contributed by atoms with E-state index in [0.717, 1.165) is 0 Å². The molecule has 6 nitrogen and oxygen atoms in total. The normalized spacial score (nSPS) is 11.0. The highest BCUT2D eigenvalue weighted by atomic mass is 16.2. The molecule has 0 saturated heterocycles. The van der Waals surface area contributed by atoms with Crippen LogP contribution in [0.15, 0.2) is 43.0 Å². The summed E-state index contributed by atoms with van der Waals surface area (Å²) in [5, 5.41) is 5.55. The van der Waals surface area contributed by atoms with Crippen molar-refractivity contribution >= 4 is 23.3 Å². The van der Waals surface area contributed by atoms with Gasteiger partial charge < -0.3 is 10.6 Å². The van der Waals surface area contributed by atoms with Gasteiger partial charge in [-0.1, -0.05) is 20.8 Å². The summed E-state index contributed by atoms with van der Waals surface area (Å²) in [7, 11) is 0. The van der Waals surface area contributed by atoms with Gasteiger partial charge in [0.25, 0.3) is 0 Å². The number of hydrogen-bond donors (Lipinski definition) is 2. The molecule has 0 aliphatic rings. The van der Waals surface area contributed by atoms with Crippen molar-refractivity contribution in [2.45, 2.75) is 20.8 Å². The number of imidazole rings is 1. The lowest BCUT2D eigenvalue weighted by Gasteiger charge is -2.17. The van der Waals surface area contributed by atoms with E-state index in [2.05, 4.69) is 15.6 Å². The van der Waals surface area contributed by atoms with E-state index in [1.807, 2.05) is 20.8 Å². The first-order chi connectivity index (χ1) is 9.86. The van der Waals surface area contributed by atoms with E-state index in [9.17, 15) is 9.59 Å². The molecule has 0 fully saturated rings. The molecule has 2 N–H and O–H groups in total. The fourth-order valence-electron chi connectivity index (χ4n) is 1.52. The molecule has 6 heteroatoms. The smallest absolute Gasteiger partial charge is 0.326 e. The maximum absolute atomic E-state index is 11.9. The molecule has 2 amide bonds. The molecule has 0 spiro atoms. The largest absolute Gasteiger partial charge is 0.331 e. The van der Waals surface area contributed by atoms with Crippen LogP contribution in [0.3, 0.4) is 0 Å². The number of amides is 2. The van der Waals surface area contributed by atoms with Crippen LogP contribution in [-0.2, 0) is 4.79 Å². The first-order valence-corrected chi connectivity index (χ1v) is 6.57. The molecule has 21 heavy (non-hydrogen) atoms. The average Bonchev–Trinajstić information content (AvgIpc) is 2.94. The summed E-state index contributed by atoms with van der Waals surface area (Å²) in [6.45, 7) is 5.55. The SMILES string of the molecule is CC(C)(C)C(=O)Nc1ccc(NC(=O)n2ccnc2)cc1. The highest BCUT2D eigenvalue weighted by Gasteiger charge is 2.20. The summed E-state index contributed by atoms with van der Waals surface area (Å²) in [5.41, 5.74) is 0.881. The van der Waals surface area contributed by atoms with Crippen molar-refractivity contribution in [2.24, 2.45) is 5.41 Å². The summed E-state index contributed by atoms with van der Waals surface area (Å²) in [6, 6.07) is 6.65. The molecule has 0 aliphatic heterocycles. The fourth-order valence-corrected chi connectivity index (χ4v) is 1.52. The minimum Gasteiger partial charge on any atom is -0.326 e. The molecule has 0 saturated carbocycles. The van der Waals surface area contributed by atoms with Crippen molar-refractivity contribution in [1.29, 1.82) is 0 Å². The molecule has 0 bridgehead atoms. The highest BCUT2D eigenvalue weighted by Crippen LogP contribution is 2.19. The predicted molar refractivity (Wildman–Crippen MR) is 81.2 cm³/mol. The number of carbonyl (C=O) groups is 2. The van der Waals surface area contributed by atoms with Crippen molar-refractivity contribution in [3.05, 3.63) is 43.0 Å². The Morgan fingerprint density at radius 3 is 2.10 bits per heavy atom. The Bertz CT molecular complexity index is 625. The lowest BCUT2D eigenvalue weighted by atomic mass is 9.95. The van der Waals surface area contributed by atoms with Gasteiger partial charge in [0.05, 0.1) is 0 Å². The molecule has 2 aromatic rings. The van der Waals surface area contributed by atoms with Gasteiger partial charge >= 0.3 is 6.03 Å². The zero-order chi connectivity index (χ0) is 15.5. The van der Waals surface area contributed by atoms with Crippen molar-refractivity contribution in [1.82, 2.24) is 9.55 Å². The van der Waals surface area contributed by atoms with Crippen molar-refractivity contribution in [3.63, 3.8) is 0 Å². The Kier molecular flexibility index (Phi) is 4.07. The maximum Gasteiger partial charge on any atom is 0.331 e. The molecular formula is C15H18N4O2. The molecule has 1 aromatic heterocycles. The van der Waals surface area contributed by atoms with Crippen LogP contribution in [0.2, 0.25) is 0 Å². The summed E-state index contributed by atoms with van der Waals surface area (Å²) >= 11 is 0. The summed E-state index contributed by atoms with van der Waals surface area (Å²) in [4.78, 5) is 27.5. The zero-order valence-corrected chi connectivity index (χ0v) is 12.3. The van der Waals surface area contributed by atoms with Crippen LogP contribution >= 0.6 is 0 Å². The Morgan fingerprint density at radius 2 is 1.62 bits per heavy atom. The molecule has 110 valence electrons. The quantitative estimate of drug-likeness (QED) is 0.891. The van der Waals surface area contributed by atoms with Crippen LogP contribution in [0.25, 0.3) is 0 Å². The lowest BCUT2D eigenvalue weighted by molar-refractivity contribution is -0.123. The van der Waals surface area contributed by atoms with Crippen LogP contribution in [-0.4, -0.2) is 21.5 Å². The fraction of sp³-hybridized carbons (Fsp3) is 0.267. The average molecular weight is 286 g/mol. The molecule has 1 heterocycles. The number of rotatable bonds is 2. The maximum atomic E-state index is 11.9.